The van der Waals surface area contributed by atoms with Crippen LogP contribution in [0.1, 0.15) is 17.5 Å². The minimum absolute atomic E-state index is 0.0493. The van der Waals surface area contributed by atoms with Gasteiger partial charge < -0.3 is 10.2 Å². The summed E-state index contributed by atoms with van der Waals surface area (Å²) in [5.41, 5.74) is 2.20. The van der Waals surface area contributed by atoms with Crippen LogP contribution in [0.3, 0.4) is 0 Å². The number of amides is 2. The van der Waals surface area contributed by atoms with Gasteiger partial charge in [0.2, 0.25) is 11.8 Å². The van der Waals surface area contributed by atoms with Gasteiger partial charge in [0.25, 0.3) is 0 Å². The number of nitrogens with one attached hydrogen (secondary N) is 1. The van der Waals surface area contributed by atoms with Crippen LogP contribution in [0.2, 0.25) is 5.02 Å². The zero-order valence-corrected chi connectivity index (χ0v) is 16.7. The Morgan fingerprint density at radius 3 is 2.25 bits per heavy atom. The molecule has 3 rings (SSSR count). The molecule has 2 aromatic rings. The Morgan fingerprint density at radius 2 is 1.57 bits per heavy atom. The predicted molar refractivity (Wildman–Crippen MR) is 111 cm³/mol. The summed E-state index contributed by atoms with van der Waals surface area (Å²) in [4.78, 5) is 28.6. The smallest absolute Gasteiger partial charge is 0.224 e. The van der Waals surface area contributed by atoms with E-state index in [1.165, 1.54) is 5.56 Å². The van der Waals surface area contributed by atoms with Crippen molar-refractivity contribution in [3.63, 3.8) is 0 Å². The number of carbonyl (C=O) groups excluding carboxylic acids is 2. The Morgan fingerprint density at radius 1 is 0.893 bits per heavy atom. The van der Waals surface area contributed by atoms with E-state index in [1.807, 2.05) is 59.5 Å². The number of carbonyl (C=O) groups is 2. The Balaban J connectivity index is 1.33. The van der Waals surface area contributed by atoms with E-state index < -0.39 is 0 Å². The van der Waals surface area contributed by atoms with Crippen LogP contribution in [0.5, 0.6) is 0 Å². The maximum absolute atomic E-state index is 12.4. The molecule has 0 atom stereocenters. The number of hydrogen-bond donors (Lipinski definition) is 1. The highest BCUT2D eigenvalue weighted by molar-refractivity contribution is 6.30. The fourth-order valence-electron chi connectivity index (χ4n) is 3.31. The summed E-state index contributed by atoms with van der Waals surface area (Å²) < 4.78 is 0. The van der Waals surface area contributed by atoms with Gasteiger partial charge in [-0.05, 0) is 23.3 Å². The van der Waals surface area contributed by atoms with Gasteiger partial charge in [0, 0.05) is 50.7 Å². The van der Waals surface area contributed by atoms with Crippen molar-refractivity contribution in [3.8, 4) is 0 Å². The van der Waals surface area contributed by atoms with E-state index in [1.54, 1.807) is 0 Å². The van der Waals surface area contributed by atoms with E-state index >= 15 is 0 Å². The third kappa shape index (κ3) is 6.36. The molecule has 2 amide bonds. The summed E-state index contributed by atoms with van der Waals surface area (Å²) in [6.07, 6.45) is 0.691. The maximum atomic E-state index is 12.4. The molecule has 1 saturated heterocycles. The van der Waals surface area contributed by atoms with Gasteiger partial charge in [-0.3, -0.25) is 14.5 Å². The van der Waals surface area contributed by atoms with E-state index in [2.05, 4.69) is 10.2 Å². The van der Waals surface area contributed by atoms with Crippen molar-refractivity contribution < 1.29 is 9.59 Å². The fourth-order valence-corrected chi connectivity index (χ4v) is 3.44. The van der Waals surface area contributed by atoms with Crippen molar-refractivity contribution in [3.05, 3.63) is 70.7 Å². The molecule has 1 fully saturated rings. The number of halogens is 1. The van der Waals surface area contributed by atoms with E-state index in [-0.39, 0.29) is 11.8 Å². The second kappa shape index (κ2) is 10.2. The Labute approximate surface area is 171 Å². The average molecular weight is 400 g/mol. The van der Waals surface area contributed by atoms with E-state index in [0.29, 0.717) is 19.4 Å². The van der Waals surface area contributed by atoms with Crippen LogP contribution in [-0.2, 0) is 22.6 Å². The van der Waals surface area contributed by atoms with Crippen LogP contribution in [0, 0.1) is 0 Å². The van der Waals surface area contributed by atoms with Gasteiger partial charge >= 0.3 is 0 Å². The van der Waals surface area contributed by atoms with Gasteiger partial charge in [0.15, 0.2) is 0 Å². The van der Waals surface area contributed by atoms with E-state index in [0.717, 1.165) is 43.3 Å². The van der Waals surface area contributed by atoms with Crippen molar-refractivity contribution >= 4 is 23.4 Å². The third-order valence-corrected chi connectivity index (χ3v) is 5.16. The quantitative estimate of drug-likeness (QED) is 0.778. The normalized spacial score (nSPS) is 14.7. The Hall–Kier alpha value is -2.37. The third-order valence-electron chi connectivity index (χ3n) is 4.91. The van der Waals surface area contributed by atoms with Crippen molar-refractivity contribution in [2.24, 2.45) is 0 Å². The first kappa shape index (κ1) is 20.4. The first-order valence-electron chi connectivity index (χ1n) is 9.65. The lowest BCUT2D eigenvalue weighted by Gasteiger charge is -2.34. The molecule has 1 aliphatic heterocycles. The van der Waals surface area contributed by atoms with Crippen LogP contribution in [0.4, 0.5) is 0 Å². The Bertz CT molecular complexity index is 772. The summed E-state index contributed by atoms with van der Waals surface area (Å²) in [6.45, 7) is 4.42. The molecular formula is C22H26ClN3O2. The second-order valence-electron chi connectivity index (χ2n) is 7.05. The minimum atomic E-state index is -0.0493. The van der Waals surface area contributed by atoms with E-state index in [9.17, 15) is 9.59 Å². The summed E-state index contributed by atoms with van der Waals surface area (Å²) in [6, 6.07) is 17.5. The van der Waals surface area contributed by atoms with Crippen LogP contribution in [0.15, 0.2) is 54.6 Å². The lowest BCUT2D eigenvalue weighted by molar-refractivity contribution is -0.133. The lowest BCUT2D eigenvalue weighted by Crippen LogP contribution is -2.48. The SMILES string of the molecule is O=C(Cc1ccccc1)NCCC(=O)N1CCN(Cc2ccc(Cl)cc2)CC1. The van der Waals surface area contributed by atoms with Crippen molar-refractivity contribution in [2.45, 2.75) is 19.4 Å². The van der Waals surface area contributed by atoms with Gasteiger partial charge in [-0.1, -0.05) is 54.1 Å². The average Bonchev–Trinajstić information content (AvgIpc) is 2.71. The zero-order chi connectivity index (χ0) is 19.8. The van der Waals surface area contributed by atoms with Crippen LogP contribution < -0.4 is 5.32 Å². The molecule has 1 aliphatic rings. The number of piperazine rings is 1. The second-order valence-corrected chi connectivity index (χ2v) is 7.48. The highest BCUT2D eigenvalue weighted by atomic mass is 35.5. The largest absolute Gasteiger partial charge is 0.355 e. The number of benzene rings is 2. The number of nitrogens with zero attached hydrogens (tertiary/aromatic N) is 2. The molecule has 6 heteroatoms. The minimum Gasteiger partial charge on any atom is -0.355 e. The van der Waals surface area contributed by atoms with E-state index in [4.69, 9.17) is 11.6 Å². The van der Waals surface area contributed by atoms with Gasteiger partial charge in [0.05, 0.1) is 6.42 Å². The molecule has 0 radical (unpaired) electrons. The number of rotatable bonds is 7. The Kier molecular flexibility index (Phi) is 7.46. The molecule has 1 heterocycles. The molecule has 0 saturated carbocycles. The molecule has 0 bridgehead atoms. The molecule has 148 valence electrons. The molecule has 0 unspecified atom stereocenters. The topological polar surface area (TPSA) is 52.7 Å². The molecule has 2 aromatic carbocycles. The first-order valence-corrected chi connectivity index (χ1v) is 10.0. The highest BCUT2D eigenvalue weighted by Gasteiger charge is 2.20. The molecule has 28 heavy (non-hydrogen) atoms. The molecule has 0 spiro atoms. The maximum Gasteiger partial charge on any atom is 0.224 e. The van der Waals surface area contributed by atoms with Gasteiger partial charge in [-0.2, -0.15) is 0 Å². The fraction of sp³-hybridized carbons (Fsp3) is 0.364. The summed E-state index contributed by atoms with van der Waals surface area (Å²) in [5, 5.41) is 3.58. The molecule has 0 aliphatic carbocycles. The zero-order valence-electron chi connectivity index (χ0n) is 15.9. The molecule has 1 N–H and O–H groups in total. The van der Waals surface area contributed by atoms with Crippen LogP contribution in [0.25, 0.3) is 0 Å². The highest BCUT2D eigenvalue weighted by Crippen LogP contribution is 2.13. The van der Waals surface area contributed by atoms with Crippen LogP contribution in [-0.4, -0.2) is 54.3 Å². The summed E-state index contributed by atoms with van der Waals surface area (Å²) in [7, 11) is 0. The van der Waals surface area contributed by atoms with Gasteiger partial charge in [-0.15, -0.1) is 0 Å². The van der Waals surface area contributed by atoms with Crippen LogP contribution >= 0.6 is 11.6 Å². The van der Waals surface area contributed by atoms with Crippen molar-refractivity contribution in [2.75, 3.05) is 32.7 Å². The summed E-state index contributed by atoms with van der Waals surface area (Å²) in [5.74, 6) is 0.0536. The monoisotopic (exact) mass is 399 g/mol. The van der Waals surface area contributed by atoms with Crippen molar-refractivity contribution in [1.29, 1.82) is 0 Å². The number of hydrogen-bond acceptors (Lipinski definition) is 3. The molecular weight excluding hydrogens is 374 g/mol. The van der Waals surface area contributed by atoms with Crippen molar-refractivity contribution in [1.82, 2.24) is 15.1 Å². The van der Waals surface area contributed by atoms with Gasteiger partial charge in [-0.25, -0.2) is 0 Å². The first-order chi connectivity index (χ1) is 13.6. The molecule has 5 nitrogen and oxygen atoms in total. The van der Waals surface area contributed by atoms with Gasteiger partial charge in [0.1, 0.15) is 0 Å². The molecule has 0 aromatic heterocycles. The lowest BCUT2D eigenvalue weighted by atomic mass is 10.1. The standard InChI is InChI=1S/C22H26ClN3O2/c23-20-8-6-19(7-9-20)17-25-12-14-26(15-13-25)22(28)10-11-24-21(27)16-18-4-2-1-3-5-18/h1-9H,10-17H2,(H,24,27). The summed E-state index contributed by atoms with van der Waals surface area (Å²) >= 11 is 5.93. The predicted octanol–water partition coefficient (Wildman–Crippen LogP) is 2.73.